The summed E-state index contributed by atoms with van der Waals surface area (Å²) in [6, 6.07) is 13.7. The van der Waals surface area contributed by atoms with E-state index in [9.17, 15) is 29.0 Å². The highest BCUT2D eigenvalue weighted by molar-refractivity contribution is 7.93. The number of allylic oxidation sites excluding steroid dienone is 1. The maximum atomic E-state index is 12.9. The third-order valence-electron chi connectivity index (χ3n) is 8.41. The molecule has 2 aliphatic heterocycles. The van der Waals surface area contributed by atoms with Crippen LogP contribution in [0.4, 0.5) is 5.69 Å². The van der Waals surface area contributed by atoms with Gasteiger partial charge in [0, 0.05) is 45.0 Å². The van der Waals surface area contributed by atoms with E-state index in [0.717, 1.165) is 23.9 Å². The number of piperidine rings is 1. The molecule has 254 valence electrons. The van der Waals surface area contributed by atoms with Gasteiger partial charge in [-0.05, 0) is 66.8 Å². The Morgan fingerprint density at radius 1 is 1.13 bits per heavy atom. The van der Waals surface area contributed by atoms with Gasteiger partial charge < -0.3 is 34.4 Å². The van der Waals surface area contributed by atoms with Crippen molar-refractivity contribution in [3.05, 3.63) is 58.8 Å². The molecule has 2 aliphatic rings. The minimum Gasteiger partial charge on any atom is -0.388 e. The van der Waals surface area contributed by atoms with Gasteiger partial charge in [-0.1, -0.05) is 23.4 Å². The standard InChI is InChI=1S/C32H42N6O8S/c1-21(14-25-19-38(36-35-25)20-28-29(39)30(40)31(41)32(44-2)46-28)45-13-10-34-47(42,43)27(18-33)16-22-6-7-24-17-26(9-8-23(24)15-22)37-11-4-3-5-12-37/h6-9,15-17,19,21,28-32,34,39-41H,3-5,10-14,20H2,1-2H3/b27-16+/t21?,28-,29-,30+,31-,32+/m1/s1. The van der Waals surface area contributed by atoms with Gasteiger partial charge in [0.15, 0.2) is 11.2 Å². The zero-order valence-electron chi connectivity index (χ0n) is 26.5. The first-order chi connectivity index (χ1) is 22.6. The van der Waals surface area contributed by atoms with Gasteiger partial charge in [-0.25, -0.2) is 17.8 Å². The van der Waals surface area contributed by atoms with Crippen LogP contribution in [-0.2, 0) is 37.2 Å². The van der Waals surface area contributed by atoms with Crippen molar-refractivity contribution in [1.82, 2.24) is 19.7 Å². The lowest BCUT2D eigenvalue weighted by molar-refractivity contribution is -0.292. The molecule has 4 N–H and O–H groups in total. The molecule has 14 nitrogen and oxygen atoms in total. The predicted molar refractivity (Wildman–Crippen MR) is 173 cm³/mol. The minimum atomic E-state index is -4.07. The van der Waals surface area contributed by atoms with Crippen molar-refractivity contribution in [1.29, 1.82) is 5.26 Å². The number of methoxy groups -OCH3 is 1. The largest absolute Gasteiger partial charge is 0.388 e. The van der Waals surface area contributed by atoms with Crippen LogP contribution >= 0.6 is 0 Å². The first-order valence-corrected chi connectivity index (χ1v) is 17.2. The van der Waals surface area contributed by atoms with Crippen LogP contribution in [0.1, 0.15) is 37.4 Å². The Kier molecular flexibility index (Phi) is 11.6. The van der Waals surface area contributed by atoms with Crippen molar-refractivity contribution in [3.63, 3.8) is 0 Å². The Labute approximate surface area is 274 Å². The van der Waals surface area contributed by atoms with E-state index in [1.54, 1.807) is 19.2 Å². The van der Waals surface area contributed by atoms with Crippen LogP contribution in [0.5, 0.6) is 0 Å². The van der Waals surface area contributed by atoms with Crippen LogP contribution in [0, 0.1) is 11.3 Å². The Morgan fingerprint density at radius 3 is 2.62 bits per heavy atom. The fourth-order valence-corrected chi connectivity index (χ4v) is 6.77. The summed E-state index contributed by atoms with van der Waals surface area (Å²) in [6.07, 6.45) is 0.528. The van der Waals surface area contributed by atoms with Crippen LogP contribution in [0.3, 0.4) is 0 Å². The quantitative estimate of drug-likeness (QED) is 0.151. The van der Waals surface area contributed by atoms with Crippen LogP contribution in [0.15, 0.2) is 47.5 Å². The normalized spacial score (nSPS) is 24.7. The maximum Gasteiger partial charge on any atom is 0.250 e. The van der Waals surface area contributed by atoms with Gasteiger partial charge in [0.25, 0.3) is 10.0 Å². The van der Waals surface area contributed by atoms with Crippen LogP contribution in [0.25, 0.3) is 16.8 Å². The molecule has 3 aromatic rings. The Bertz CT molecular complexity index is 1680. The van der Waals surface area contributed by atoms with E-state index in [-0.39, 0.29) is 25.8 Å². The van der Waals surface area contributed by atoms with Crippen molar-refractivity contribution in [2.75, 3.05) is 38.3 Å². The number of sulfonamides is 1. The molecule has 5 rings (SSSR count). The number of hydrogen-bond donors (Lipinski definition) is 4. The number of nitrogens with zero attached hydrogens (tertiary/aromatic N) is 5. The zero-order valence-corrected chi connectivity index (χ0v) is 27.3. The molecule has 1 unspecified atom stereocenters. The number of fused-ring (bicyclic) bond motifs is 1. The molecule has 6 atom stereocenters. The van der Waals surface area contributed by atoms with Gasteiger partial charge in [0.1, 0.15) is 30.5 Å². The highest BCUT2D eigenvalue weighted by atomic mass is 32.2. The summed E-state index contributed by atoms with van der Waals surface area (Å²) >= 11 is 0. The molecular weight excluding hydrogens is 628 g/mol. The van der Waals surface area contributed by atoms with Crippen LogP contribution in [-0.4, -0.2) is 109 Å². The lowest BCUT2D eigenvalue weighted by Gasteiger charge is -2.39. The lowest BCUT2D eigenvalue weighted by Crippen LogP contribution is -2.58. The highest BCUT2D eigenvalue weighted by Gasteiger charge is 2.44. The fraction of sp³-hybridized carbons (Fsp3) is 0.531. The first-order valence-electron chi connectivity index (χ1n) is 15.7. The molecule has 0 radical (unpaired) electrons. The molecular formula is C32H42N6O8S. The lowest BCUT2D eigenvalue weighted by atomic mass is 9.99. The molecule has 3 heterocycles. The van der Waals surface area contributed by atoms with Crippen molar-refractivity contribution in [3.8, 4) is 6.07 Å². The van der Waals surface area contributed by atoms with Crippen LogP contribution < -0.4 is 9.62 Å². The van der Waals surface area contributed by atoms with Gasteiger partial charge in [0.2, 0.25) is 0 Å². The van der Waals surface area contributed by atoms with Crippen molar-refractivity contribution >= 4 is 32.6 Å². The average molecular weight is 671 g/mol. The summed E-state index contributed by atoms with van der Waals surface area (Å²) in [5.41, 5.74) is 2.38. The number of ether oxygens (including phenoxy) is 3. The van der Waals surface area contributed by atoms with Gasteiger partial charge >= 0.3 is 0 Å². The average Bonchev–Trinajstić information content (AvgIpc) is 3.52. The molecule has 0 saturated carbocycles. The van der Waals surface area contributed by atoms with E-state index in [4.69, 9.17) is 14.2 Å². The number of nitriles is 1. The molecule has 2 fully saturated rings. The highest BCUT2D eigenvalue weighted by Crippen LogP contribution is 2.27. The molecule has 2 saturated heterocycles. The number of aliphatic hydroxyl groups is 3. The third kappa shape index (κ3) is 8.72. The summed E-state index contributed by atoms with van der Waals surface area (Å²) in [7, 11) is -2.74. The van der Waals surface area contributed by atoms with Crippen molar-refractivity contribution < 1.29 is 37.9 Å². The van der Waals surface area contributed by atoms with E-state index in [1.165, 1.54) is 42.8 Å². The van der Waals surface area contributed by atoms with Crippen molar-refractivity contribution in [2.45, 2.75) is 76.0 Å². The van der Waals surface area contributed by atoms with Gasteiger partial charge in [-0.15, -0.1) is 5.10 Å². The molecule has 15 heteroatoms. The van der Waals surface area contributed by atoms with E-state index in [1.807, 2.05) is 24.3 Å². The molecule has 0 aliphatic carbocycles. The summed E-state index contributed by atoms with van der Waals surface area (Å²) in [6.45, 7) is 3.98. The number of rotatable bonds is 13. The van der Waals surface area contributed by atoms with E-state index < -0.39 is 45.6 Å². The molecule has 0 amide bonds. The summed E-state index contributed by atoms with van der Waals surface area (Å²) in [5.74, 6) is 0. The number of anilines is 1. The number of aromatic nitrogens is 3. The summed E-state index contributed by atoms with van der Waals surface area (Å²) < 4.78 is 46.0. The Morgan fingerprint density at radius 2 is 1.87 bits per heavy atom. The second-order valence-corrected chi connectivity index (χ2v) is 13.7. The third-order valence-corrected chi connectivity index (χ3v) is 9.79. The monoisotopic (exact) mass is 670 g/mol. The molecule has 0 bridgehead atoms. The molecule has 47 heavy (non-hydrogen) atoms. The SMILES string of the molecule is CO[C@H]1O[C@H](Cn2cc(CC(C)OCCNS(=O)(=O)/C(C#N)=C/c3ccc4cc(N5CCCCC5)ccc4c3)nn2)[C@@H](O)[C@H](O)[C@H]1O. The molecule has 0 spiro atoms. The maximum absolute atomic E-state index is 12.9. The predicted octanol–water partition coefficient (Wildman–Crippen LogP) is 1.31. The Balaban J connectivity index is 1.10. The fourth-order valence-electron chi connectivity index (χ4n) is 5.85. The smallest absolute Gasteiger partial charge is 0.250 e. The molecule has 2 aromatic carbocycles. The number of nitrogens with one attached hydrogen (secondary N) is 1. The number of hydrogen-bond acceptors (Lipinski definition) is 12. The Hall–Kier alpha value is -3.46. The topological polar surface area (TPSA) is 192 Å². The van der Waals surface area contributed by atoms with E-state index in [0.29, 0.717) is 17.7 Å². The number of aliphatic hydroxyl groups excluding tert-OH is 3. The van der Waals surface area contributed by atoms with Gasteiger partial charge in [-0.3, -0.25) is 0 Å². The van der Waals surface area contributed by atoms with Gasteiger partial charge in [-0.2, -0.15) is 5.26 Å². The molecule has 1 aromatic heterocycles. The van der Waals surface area contributed by atoms with Crippen molar-refractivity contribution in [2.24, 2.45) is 0 Å². The van der Waals surface area contributed by atoms with E-state index in [2.05, 4.69) is 32.1 Å². The van der Waals surface area contributed by atoms with Gasteiger partial charge in [0.05, 0.1) is 24.9 Å². The van der Waals surface area contributed by atoms with E-state index >= 15 is 0 Å². The summed E-state index contributed by atoms with van der Waals surface area (Å²) in [5, 5.41) is 50.1. The summed E-state index contributed by atoms with van der Waals surface area (Å²) in [4.78, 5) is 2.00. The first kappa shape index (κ1) is 34.9. The zero-order chi connectivity index (χ0) is 33.6. The minimum absolute atomic E-state index is 0.0405. The second-order valence-electron chi connectivity index (χ2n) is 11.9. The number of benzene rings is 2. The van der Waals surface area contributed by atoms with Crippen LogP contribution in [0.2, 0.25) is 0 Å². The second kappa shape index (κ2) is 15.6.